The number of carbonyl (C=O) groups is 2. The summed E-state index contributed by atoms with van der Waals surface area (Å²) < 4.78 is 0. The van der Waals surface area contributed by atoms with Gasteiger partial charge < -0.3 is 11.1 Å². The summed E-state index contributed by atoms with van der Waals surface area (Å²) in [5, 5.41) is 2.34. The van der Waals surface area contributed by atoms with Gasteiger partial charge >= 0.3 is 6.03 Å². The van der Waals surface area contributed by atoms with E-state index < -0.39 is 17.7 Å². The molecule has 1 unspecified atom stereocenters. The molecule has 3 amide bonds. The van der Waals surface area contributed by atoms with Crippen LogP contribution in [0.1, 0.15) is 20.8 Å². The fraction of sp³-hybridized carbons (Fsp3) is 0.714. The maximum atomic E-state index is 11.3. The Morgan fingerprint density at radius 3 is 2.08 bits per heavy atom. The zero-order chi connectivity index (χ0) is 9.52. The lowest BCUT2D eigenvalue weighted by atomic mass is 10.1. The van der Waals surface area contributed by atoms with E-state index >= 15 is 0 Å². The lowest BCUT2D eigenvalue weighted by Crippen LogP contribution is -2.46. The van der Waals surface area contributed by atoms with Crippen LogP contribution in [-0.4, -0.2) is 28.5 Å². The molecule has 5 heteroatoms. The summed E-state index contributed by atoms with van der Waals surface area (Å²) in [7, 11) is 0. The third-order valence-corrected chi connectivity index (χ3v) is 1.64. The van der Waals surface area contributed by atoms with Gasteiger partial charge in [-0.1, -0.05) is 0 Å². The predicted molar refractivity (Wildman–Crippen MR) is 43.1 cm³/mol. The van der Waals surface area contributed by atoms with Crippen LogP contribution < -0.4 is 11.1 Å². The maximum Gasteiger partial charge on any atom is 0.326 e. The molecule has 1 fully saturated rings. The van der Waals surface area contributed by atoms with Crippen LogP contribution in [0, 0.1) is 0 Å². The molecule has 68 valence electrons. The molecular formula is C7H13N3O2. The predicted octanol–water partition coefficient (Wildman–Crippen LogP) is -0.378. The molecule has 5 nitrogen and oxygen atoms in total. The van der Waals surface area contributed by atoms with E-state index in [1.807, 2.05) is 0 Å². The topological polar surface area (TPSA) is 75.4 Å². The highest BCUT2D eigenvalue weighted by molar-refractivity contribution is 6.04. The van der Waals surface area contributed by atoms with Gasteiger partial charge in [0.2, 0.25) is 0 Å². The molecule has 1 heterocycles. The van der Waals surface area contributed by atoms with Crippen molar-refractivity contribution in [3.8, 4) is 0 Å². The lowest BCUT2D eigenvalue weighted by Gasteiger charge is -2.28. The number of carbonyl (C=O) groups excluding carboxylic acids is 2. The van der Waals surface area contributed by atoms with Gasteiger partial charge in [0.25, 0.3) is 5.91 Å². The van der Waals surface area contributed by atoms with Crippen molar-refractivity contribution in [2.24, 2.45) is 5.73 Å². The molecule has 1 rings (SSSR count). The van der Waals surface area contributed by atoms with Crippen molar-refractivity contribution in [3.05, 3.63) is 0 Å². The molecule has 1 aliphatic heterocycles. The Labute approximate surface area is 70.9 Å². The second kappa shape index (κ2) is 2.45. The summed E-state index contributed by atoms with van der Waals surface area (Å²) in [6, 6.07) is -0.417. The molecule has 0 bridgehead atoms. The number of nitrogens with zero attached hydrogens (tertiary/aromatic N) is 1. The molecule has 1 saturated heterocycles. The van der Waals surface area contributed by atoms with E-state index in [9.17, 15) is 9.59 Å². The minimum atomic E-state index is -0.878. The van der Waals surface area contributed by atoms with E-state index in [1.165, 1.54) is 0 Å². The van der Waals surface area contributed by atoms with Gasteiger partial charge in [0.15, 0.2) is 6.17 Å². The number of hydrogen-bond donors (Lipinski definition) is 2. The lowest BCUT2D eigenvalue weighted by molar-refractivity contribution is -0.130. The van der Waals surface area contributed by atoms with Gasteiger partial charge in [0, 0.05) is 5.54 Å². The van der Waals surface area contributed by atoms with E-state index in [0.29, 0.717) is 0 Å². The quantitative estimate of drug-likeness (QED) is 0.488. The van der Waals surface area contributed by atoms with Gasteiger partial charge in [-0.3, -0.25) is 9.69 Å². The molecule has 0 aromatic rings. The molecule has 0 saturated carbocycles. The Morgan fingerprint density at radius 1 is 1.42 bits per heavy atom. The van der Waals surface area contributed by atoms with Crippen molar-refractivity contribution < 1.29 is 9.59 Å². The van der Waals surface area contributed by atoms with Gasteiger partial charge in [0.1, 0.15) is 0 Å². The Morgan fingerprint density at radius 2 is 1.92 bits per heavy atom. The van der Waals surface area contributed by atoms with E-state index in [2.05, 4.69) is 5.32 Å². The summed E-state index contributed by atoms with van der Waals surface area (Å²) in [6.07, 6.45) is -0.878. The molecule has 1 aliphatic rings. The van der Waals surface area contributed by atoms with E-state index in [4.69, 9.17) is 5.73 Å². The maximum absolute atomic E-state index is 11.3. The summed E-state index contributed by atoms with van der Waals surface area (Å²) in [5.74, 6) is -0.368. The zero-order valence-electron chi connectivity index (χ0n) is 7.42. The second-order valence-corrected chi connectivity index (χ2v) is 3.77. The Kier molecular flexibility index (Phi) is 1.83. The first-order valence-electron chi connectivity index (χ1n) is 3.74. The van der Waals surface area contributed by atoms with Gasteiger partial charge in [0.05, 0.1) is 0 Å². The van der Waals surface area contributed by atoms with Gasteiger partial charge in [-0.2, -0.15) is 0 Å². The second-order valence-electron chi connectivity index (χ2n) is 3.77. The highest BCUT2D eigenvalue weighted by atomic mass is 16.2. The fourth-order valence-electron chi connectivity index (χ4n) is 1.13. The third kappa shape index (κ3) is 1.27. The van der Waals surface area contributed by atoms with Crippen molar-refractivity contribution in [1.29, 1.82) is 0 Å². The van der Waals surface area contributed by atoms with E-state index in [-0.39, 0.29) is 5.91 Å². The van der Waals surface area contributed by atoms with E-state index in [1.54, 1.807) is 20.8 Å². The molecule has 1 atom stereocenters. The number of nitrogens with one attached hydrogen (secondary N) is 1. The minimum absolute atomic E-state index is 0.368. The molecule has 0 aliphatic carbocycles. The Balaban J connectivity index is 2.92. The Bertz CT molecular complexity index is 231. The molecule has 12 heavy (non-hydrogen) atoms. The van der Waals surface area contributed by atoms with Crippen molar-refractivity contribution in [1.82, 2.24) is 10.2 Å². The molecule has 3 N–H and O–H groups in total. The van der Waals surface area contributed by atoms with Gasteiger partial charge in [-0.15, -0.1) is 0 Å². The van der Waals surface area contributed by atoms with Crippen LogP contribution in [0.4, 0.5) is 4.79 Å². The van der Waals surface area contributed by atoms with Crippen molar-refractivity contribution >= 4 is 11.9 Å². The summed E-state index contributed by atoms with van der Waals surface area (Å²) in [6.45, 7) is 5.34. The fourth-order valence-corrected chi connectivity index (χ4v) is 1.13. The van der Waals surface area contributed by atoms with E-state index in [0.717, 1.165) is 4.90 Å². The average molecular weight is 171 g/mol. The average Bonchev–Trinajstić information content (AvgIpc) is 2.05. The van der Waals surface area contributed by atoms with Crippen LogP contribution >= 0.6 is 0 Å². The van der Waals surface area contributed by atoms with Crippen molar-refractivity contribution in [2.45, 2.75) is 32.5 Å². The molecular weight excluding hydrogens is 158 g/mol. The van der Waals surface area contributed by atoms with Crippen LogP contribution in [0.25, 0.3) is 0 Å². The highest BCUT2D eigenvalue weighted by Crippen LogP contribution is 2.17. The largest absolute Gasteiger partial charge is 0.326 e. The number of amides is 3. The SMILES string of the molecule is CC(C)(C)N1C(=O)NC(N)C1=O. The molecule has 0 spiro atoms. The summed E-state index contributed by atoms with van der Waals surface area (Å²) in [4.78, 5) is 23.6. The van der Waals surface area contributed by atoms with Gasteiger partial charge in [-0.05, 0) is 20.8 Å². The van der Waals surface area contributed by atoms with Crippen LogP contribution in [0.15, 0.2) is 0 Å². The Hall–Kier alpha value is -1.10. The third-order valence-electron chi connectivity index (χ3n) is 1.64. The van der Waals surface area contributed by atoms with Crippen LogP contribution in [-0.2, 0) is 4.79 Å². The summed E-state index contributed by atoms with van der Waals surface area (Å²) >= 11 is 0. The number of imide groups is 1. The first-order valence-corrected chi connectivity index (χ1v) is 3.74. The number of hydrogen-bond acceptors (Lipinski definition) is 3. The van der Waals surface area contributed by atoms with Crippen LogP contribution in [0.2, 0.25) is 0 Å². The van der Waals surface area contributed by atoms with Gasteiger partial charge in [-0.25, -0.2) is 4.79 Å². The molecule has 0 aromatic heterocycles. The number of urea groups is 1. The summed E-state index contributed by atoms with van der Waals surface area (Å²) in [5.41, 5.74) is 4.83. The smallest absolute Gasteiger partial charge is 0.314 e. The zero-order valence-corrected chi connectivity index (χ0v) is 7.42. The highest BCUT2D eigenvalue weighted by Gasteiger charge is 2.41. The molecule has 0 aromatic carbocycles. The standard InChI is InChI=1S/C7H13N3O2/c1-7(2,3)10-5(11)4(8)9-6(10)12/h4H,8H2,1-3H3,(H,9,12). The first kappa shape index (κ1) is 8.99. The van der Waals surface area contributed by atoms with Crippen molar-refractivity contribution in [2.75, 3.05) is 0 Å². The van der Waals surface area contributed by atoms with Crippen LogP contribution in [0.3, 0.4) is 0 Å². The first-order chi connectivity index (χ1) is 5.34. The number of rotatable bonds is 0. The normalized spacial score (nSPS) is 24.7. The molecule has 0 radical (unpaired) electrons. The number of nitrogens with two attached hydrogens (primary N) is 1. The monoisotopic (exact) mass is 171 g/mol. The minimum Gasteiger partial charge on any atom is -0.314 e. The van der Waals surface area contributed by atoms with Crippen LogP contribution in [0.5, 0.6) is 0 Å². The van der Waals surface area contributed by atoms with Crippen molar-refractivity contribution in [3.63, 3.8) is 0 Å².